The molecule has 0 atom stereocenters. The summed E-state index contributed by atoms with van der Waals surface area (Å²) >= 11 is 13.1. The molecule has 2 aromatic carbocycles. The second-order valence-electron chi connectivity index (χ2n) is 7.25. The molecule has 0 fully saturated rings. The monoisotopic (exact) mass is 504 g/mol. The molecular formula is C24H22Cl2N2O4S. The van der Waals surface area contributed by atoms with Gasteiger partial charge >= 0.3 is 5.97 Å². The second kappa shape index (κ2) is 10.8. The number of ether oxygens (including phenoxy) is 1. The molecule has 1 aromatic heterocycles. The van der Waals surface area contributed by atoms with Crippen molar-refractivity contribution >= 4 is 63.0 Å². The lowest BCUT2D eigenvalue weighted by Gasteiger charge is -2.07. The molecule has 3 aromatic rings. The van der Waals surface area contributed by atoms with Gasteiger partial charge in [-0.3, -0.25) is 9.59 Å². The Kier molecular flexibility index (Phi) is 8.13. The van der Waals surface area contributed by atoms with Crippen molar-refractivity contribution in [2.45, 2.75) is 27.2 Å². The van der Waals surface area contributed by atoms with E-state index in [0.29, 0.717) is 21.3 Å². The highest BCUT2D eigenvalue weighted by Gasteiger charge is 2.27. The lowest BCUT2D eigenvalue weighted by molar-refractivity contribution is -0.115. The van der Waals surface area contributed by atoms with Gasteiger partial charge in [0.25, 0.3) is 5.91 Å². The molecule has 6 nitrogen and oxygen atoms in total. The number of aryl methyl sites for hydroxylation is 1. The Hall–Kier alpha value is -2.87. The molecule has 0 saturated heterocycles. The van der Waals surface area contributed by atoms with Crippen molar-refractivity contribution in [2.75, 3.05) is 17.2 Å². The van der Waals surface area contributed by atoms with E-state index >= 15 is 0 Å². The molecule has 0 aliphatic rings. The molecule has 0 bridgehead atoms. The lowest BCUT2D eigenvalue weighted by Crippen LogP contribution is -2.16. The van der Waals surface area contributed by atoms with Crippen LogP contribution in [-0.4, -0.2) is 24.4 Å². The molecule has 0 saturated carbocycles. The lowest BCUT2D eigenvalue weighted by atomic mass is 10.1. The number of carbonyl (C=O) groups excluding carboxylic acids is 3. The number of anilines is 2. The van der Waals surface area contributed by atoms with Crippen molar-refractivity contribution in [3.63, 3.8) is 0 Å². The maximum Gasteiger partial charge on any atom is 0.341 e. The normalized spacial score (nSPS) is 10.6. The van der Waals surface area contributed by atoms with Gasteiger partial charge in [0.05, 0.1) is 23.5 Å². The van der Waals surface area contributed by atoms with Crippen LogP contribution in [0.2, 0.25) is 10.0 Å². The SMILES string of the molecule is CCOC(=O)c1c(NC(=O)Cc2ccc(Cl)cc2)sc(C(=O)Nc2ccc(C)c(Cl)c2)c1C. The van der Waals surface area contributed by atoms with Gasteiger partial charge in [-0.2, -0.15) is 0 Å². The van der Waals surface area contributed by atoms with E-state index in [0.717, 1.165) is 22.5 Å². The summed E-state index contributed by atoms with van der Waals surface area (Å²) in [6.07, 6.45) is 0.0831. The number of esters is 1. The molecule has 0 unspecified atom stereocenters. The first kappa shape index (κ1) is 24.8. The third kappa shape index (κ3) is 6.13. The Morgan fingerprint density at radius 2 is 1.70 bits per heavy atom. The predicted molar refractivity (Wildman–Crippen MR) is 133 cm³/mol. The van der Waals surface area contributed by atoms with E-state index in [1.165, 1.54) is 0 Å². The summed E-state index contributed by atoms with van der Waals surface area (Å²) in [7, 11) is 0. The zero-order valence-corrected chi connectivity index (χ0v) is 20.6. The number of nitrogens with one attached hydrogen (secondary N) is 2. The van der Waals surface area contributed by atoms with Gasteiger partial charge in [-0.1, -0.05) is 41.4 Å². The number of thiophene rings is 1. The molecule has 2 amide bonds. The van der Waals surface area contributed by atoms with Crippen LogP contribution in [0.5, 0.6) is 0 Å². The quantitative estimate of drug-likeness (QED) is 0.370. The molecule has 0 spiro atoms. The smallest absolute Gasteiger partial charge is 0.341 e. The summed E-state index contributed by atoms with van der Waals surface area (Å²) < 4.78 is 5.16. The van der Waals surface area contributed by atoms with Crippen LogP contribution in [0, 0.1) is 13.8 Å². The number of benzene rings is 2. The fourth-order valence-electron chi connectivity index (χ4n) is 3.08. The highest BCUT2D eigenvalue weighted by atomic mass is 35.5. The van der Waals surface area contributed by atoms with E-state index in [-0.39, 0.29) is 34.4 Å². The minimum absolute atomic E-state index is 0.0831. The largest absolute Gasteiger partial charge is 0.462 e. The molecule has 1 heterocycles. The molecule has 0 aliphatic carbocycles. The molecule has 172 valence electrons. The topological polar surface area (TPSA) is 84.5 Å². The Balaban J connectivity index is 1.87. The average molecular weight is 505 g/mol. The number of halogens is 2. The van der Waals surface area contributed by atoms with Crippen molar-refractivity contribution in [1.82, 2.24) is 0 Å². The highest BCUT2D eigenvalue weighted by Crippen LogP contribution is 2.34. The van der Waals surface area contributed by atoms with Crippen LogP contribution in [0.15, 0.2) is 42.5 Å². The highest BCUT2D eigenvalue weighted by molar-refractivity contribution is 7.19. The average Bonchev–Trinajstić information content (AvgIpc) is 3.08. The minimum Gasteiger partial charge on any atom is -0.462 e. The molecule has 33 heavy (non-hydrogen) atoms. The van der Waals surface area contributed by atoms with E-state index in [9.17, 15) is 14.4 Å². The molecular weight excluding hydrogens is 483 g/mol. The van der Waals surface area contributed by atoms with E-state index in [2.05, 4.69) is 10.6 Å². The molecule has 2 N–H and O–H groups in total. The summed E-state index contributed by atoms with van der Waals surface area (Å²) in [5.41, 5.74) is 2.76. The maximum absolute atomic E-state index is 13.0. The van der Waals surface area contributed by atoms with Crippen molar-refractivity contribution in [3.8, 4) is 0 Å². The van der Waals surface area contributed by atoms with Crippen LogP contribution >= 0.6 is 34.5 Å². The molecule has 9 heteroatoms. The predicted octanol–water partition coefficient (Wildman–Crippen LogP) is 6.28. The molecule has 0 aliphatic heterocycles. The number of amides is 2. The third-order valence-electron chi connectivity index (χ3n) is 4.79. The van der Waals surface area contributed by atoms with Crippen LogP contribution in [0.3, 0.4) is 0 Å². The van der Waals surface area contributed by atoms with E-state index in [1.807, 2.05) is 6.92 Å². The van der Waals surface area contributed by atoms with Gasteiger partial charge in [0, 0.05) is 15.7 Å². The van der Waals surface area contributed by atoms with Crippen LogP contribution in [0.4, 0.5) is 10.7 Å². The maximum atomic E-state index is 13.0. The number of hydrogen-bond acceptors (Lipinski definition) is 5. The fourth-order valence-corrected chi connectivity index (χ4v) is 4.50. The first-order valence-corrected chi connectivity index (χ1v) is 11.7. The summed E-state index contributed by atoms with van der Waals surface area (Å²) in [5, 5.41) is 6.90. The van der Waals surface area contributed by atoms with E-state index in [1.54, 1.807) is 56.3 Å². The summed E-state index contributed by atoms with van der Waals surface area (Å²) in [4.78, 5) is 38.5. The minimum atomic E-state index is -0.606. The Morgan fingerprint density at radius 3 is 2.33 bits per heavy atom. The Morgan fingerprint density at radius 1 is 1.00 bits per heavy atom. The summed E-state index contributed by atoms with van der Waals surface area (Å²) in [6.45, 7) is 5.36. The van der Waals surface area contributed by atoms with Gasteiger partial charge in [-0.15, -0.1) is 11.3 Å². The first-order valence-electron chi connectivity index (χ1n) is 10.1. The molecule has 0 radical (unpaired) electrons. The summed E-state index contributed by atoms with van der Waals surface area (Å²) in [5.74, 6) is -1.35. The Labute approximate surface area is 205 Å². The van der Waals surface area contributed by atoms with Gasteiger partial charge in [-0.25, -0.2) is 4.79 Å². The third-order valence-corrected chi connectivity index (χ3v) is 6.66. The van der Waals surface area contributed by atoms with Crippen LogP contribution < -0.4 is 10.6 Å². The van der Waals surface area contributed by atoms with Gasteiger partial charge in [0.2, 0.25) is 5.91 Å². The van der Waals surface area contributed by atoms with Crippen LogP contribution in [-0.2, 0) is 16.0 Å². The second-order valence-corrected chi connectivity index (χ2v) is 9.11. The van der Waals surface area contributed by atoms with Crippen LogP contribution in [0.1, 0.15) is 43.6 Å². The standard InChI is InChI=1S/C24H22Cl2N2O4S/c1-4-32-24(31)20-14(3)21(22(30)27-17-10-5-13(2)18(26)12-17)33-23(20)28-19(29)11-15-6-8-16(25)9-7-15/h5-10,12H,4,11H2,1-3H3,(H,27,30)(H,28,29). The fraction of sp³-hybridized carbons (Fsp3) is 0.208. The zero-order valence-electron chi connectivity index (χ0n) is 18.3. The number of carbonyl (C=O) groups is 3. The van der Waals surface area contributed by atoms with Gasteiger partial charge in [-0.05, 0) is 61.7 Å². The van der Waals surface area contributed by atoms with Crippen molar-refractivity contribution in [3.05, 3.63) is 79.6 Å². The number of rotatable bonds is 7. The zero-order chi connectivity index (χ0) is 24.1. The van der Waals surface area contributed by atoms with E-state index < -0.39 is 11.9 Å². The van der Waals surface area contributed by atoms with Crippen molar-refractivity contribution < 1.29 is 19.1 Å². The van der Waals surface area contributed by atoms with Gasteiger partial charge in [0.1, 0.15) is 5.00 Å². The summed E-state index contributed by atoms with van der Waals surface area (Å²) in [6, 6.07) is 12.1. The van der Waals surface area contributed by atoms with Crippen molar-refractivity contribution in [2.24, 2.45) is 0 Å². The van der Waals surface area contributed by atoms with E-state index in [4.69, 9.17) is 27.9 Å². The Bertz CT molecular complexity index is 1210. The van der Waals surface area contributed by atoms with Crippen LogP contribution in [0.25, 0.3) is 0 Å². The molecule has 3 rings (SSSR count). The van der Waals surface area contributed by atoms with Gasteiger partial charge < -0.3 is 15.4 Å². The number of hydrogen-bond donors (Lipinski definition) is 2. The first-order chi connectivity index (χ1) is 15.7. The van der Waals surface area contributed by atoms with Crippen molar-refractivity contribution in [1.29, 1.82) is 0 Å². The van der Waals surface area contributed by atoms with Gasteiger partial charge in [0.15, 0.2) is 0 Å².